The molecule has 136 valence electrons. The summed E-state index contributed by atoms with van der Waals surface area (Å²) in [5.41, 5.74) is 1.76. The third-order valence-corrected chi connectivity index (χ3v) is 5.91. The van der Waals surface area contributed by atoms with Crippen LogP contribution in [0, 0.1) is 6.92 Å². The zero-order chi connectivity index (χ0) is 18.8. The molecule has 0 fully saturated rings. The van der Waals surface area contributed by atoms with Gasteiger partial charge in [-0.3, -0.25) is 9.36 Å². The lowest BCUT2D eigenvalue weighted by molar-refractivity contribution is 0.540. The van der Waals surface area contributed by atoms with Gasteiger partial charge in [0.1, 0.15) is 10.6 Å². The van der Waals surface area contributed by atoms with Crippen LogP contribution >= 0.6 is 23.1 Å². The van der Waals surface area contributed by atoms with Crippen molar-refractivity contribution in [3.05, 3.63) is 76.2 Å². The monoisotopic (exact) mass is 395 g/mol. The van der Waals surface area contributed by atoms with E-state index in [1.54, 1.807) is 10.6 Å². The van der Waals surface area contributed by atoms with Crippen LogP contribution < -0.4 is 5.56 Å². The van der Waals surface area contributed by atoms with Gasteiger partial charge in [-0.05, 0) is 30.5 Å². The van der Waals surface area contributed by atoms with Crippen LogP contribution in [0.1, 0.15) is 11.5 Å². The zero-order valence-corrected chi connectivity index (χ0v) is 16.3. The number of aromatic nitrogens is 3. The van der Waals surface area contributed by atoms with Crippen molar-refractivity contribution in [2.45, 2.75) is 24.4 Å². The standard InChI is InChI=1S/C20H17N3O2S2/c1-3-10-23-19(24)15-9-11-26-18(15)22-20(23)27-12-16-13(2)25-17(21-16)14-7-5-4-6-8-14/h3-9,11H,1,10,12H2,2H3. The van der Waals surface area contributed by atoms with E-state index >= 15 is 0 Å². The number of rotatable bonds is 6. The molecule has 0 aliphatic heterocycles. The summed E-state index contributed by atoms with van der Waals surface area (Å²) < 4.78 is 7.47. The molecule has 0 saturated heterocycles. The number of allylic oxidation sites excluding steroid dienone is 1. The summed E-state index contributed by atoms with van der Waals surface area (Å²) in [6, 6.07) is 11.6. The molecule has 0 atom stereocenters. The molecule has 3 aromatic heterocycles. The van der Waals surface area contributed by atoms with Gasteiger partial charge in [0, 0.05) is 17.9 Å². The van der Waals surface area contributed by atoms with Crippen LogP contribution in [0.25, 0.3) is 21.7 Å². The van der Waals surface area contributed by atoms with E-state index in [-0.39, 0.29) is 5.56 Å². The van der Waals surface area contributed by atoms with Gasteiger partial charge in [-0.25, -0.2) is 9.97 Å². The summed E-state index contributed by atoms with van der Waals surface area (Å²) in [4.78, 5) is 22.7. The molecular weight excluding hydrogens is 378 g/mol. The van der Waals surface area contributed by atoms with Crippen molar-refractivity contribution in [2.75, 3.05) is 0 Å². The minimum atomic E-state index is -0.0366. The lowest BCUT2D eigenvalue weighted by atomic mass is 10.2. The zero-order valence-electron chi connectivity index (χ0n) is 14.7. The van der Waals surface area contributed by atoms with E-state index in [0.29, 0.717) is 28.7 Å². The quantitative estimate of drug-likeness (QED) is 0.264. The fraction of sp³-hybridized carbons (Fsp3) is 0.150. The third-order valence-electron chi connectivity index (χ3n) is 4.11. The Morgan fingerprint density at radius 3 is 2.85 bits per heavy atom. The fourth-order valence-electron chi connectivity index (χ4n) is 2.73. The molecule has 0 aliphatic carbocycles. The van der Waals surface area contributed by atoms with Gasteiger partial charge < -0.3 is 4.42 Å². The highest BCUT2D eigenvalue weighted by Crippen LogP contribution is 2.28. The second-order valence-electron chi connectivity index (χ2n) is 5.91. The summed E-state index contributed by atoms with van der Waals surface area (Å²) in [5.74, 6) is 1.95. The first-order valence-corrected chi connectivity index (χ1v) is 10.3. The van der Waals surface area contributed by atoms with Crippen LogP contribution in [-0.2, 0) is 12.3 Å². The van der Waals surface area contributed by atoms with Gasteiger partial charge in [-0.1, -0.05) is 36.0 Å². The highest BCUT2D eigenvalue weighted by atomic mass is 32.2. The minimum absolute atomic E-state index is 0.0366. The minimum Gasteiger partial charge on any atom is -0.441 e. The van der Waals surface area contributed by atoms with Crippen LogP contribution in [0.2, 0.25) is 0 Å². The number of thioether (sulfide) groups is 1. The molecule has 1 aromatic carbocycles. The van der Waals surface area contributed by atoms with Crippen LogP contribution in [0.3, 0.4) is 0 Å². The molecule has 0 radical (unpaired) electrons. The molecule has 0 amide bonds. The van der Waals surface area contributed by atoms with E-state index in [0.717, 1.165) is 21.8 Å². The molecule has 7 heteroatoms. The summed E-state index contributed by atoms with van der Waals surface area (Å²) in [6.45, 7) is 6.08. The molecule has 4 aromatic rings. The van der Waals surface area contributed by atoms with Gasteiger partial charge in [0.25, 0.3) is 5.56 Å². The summed E-state index contributed by atoms with van der Waals surface area (Å²) in [7, 11) is 0. The van der Waals surface area contributed by atoms with Crippen molar-refractivity contribution in [1.82, 2.24) is 14.5 Å². The molecule has 27 heavy (non-hydrogen) atoms. The second-order valence-corrected chi connectivity index (χ2v) is 7.75. The number of thiophene rings is 1. The highest BCUT2D eigenvalue weighted by Gasteiger charge is 2.15. The molecule has 0 unspecified atom stereocenters. The van der Waals surface area contributed by atoms with Crippen molar-refractivity contribution in [2.24, 2.45) is 0 Å². The number of hydrogen-bond donors (Lipinski definition) is 0. The molecule has 0 saturated carbocycles. The van der Waals surface area contributed by atoms with E-state index in [2.05, 4.69) is 16.5 Å². The van der Waals surface area contributed by atoms with Gasteiger partial charge in [-0.2, -0.15) is 0 Å². The molecular formula is C20H17N3O2S2. The summed E-state index contributed by atoms with van der Waals surface area (Å²) >= 11 is 2.95. The molecule has 0 aliphatic rings. The van der Waals surface area contributed by atoms with Gasteiger partial charge in [-0.15, -0.1) is 17.9 Å². The Bertz CT molecular complexity index is 1160. The number of aryl methyl sites for hydroxylation is 1. The van der Waals surface area contributed by atoms with Crippen LogP contribution in [0.15, 0.2) is 68.8 Å². The lowest BCUT2D eigenvalue weighted by Gasteiger charge is -2.09. The van der Waals surface area contributed by atoms with Crippen molar-refractivity contribution in [3.8, 4) is 11.5 Å². The van der Waals surface area contributed by atoms with Gasteiger partial charge in [0.05, 0.1) is 11.1 Å². The van der Waals surface area contributed by atoms with E-state index in [1.807, 2.05) is 48.7 Å². The Morgan fingerprint density at radius 1 is 1.26 bits per heavy atom. The normalized spacial score (nSPS) is 11.1. The van der Waals surface area contributed by atoms with Crippen molar-refractivity contribution in [1.29, 1.82) is 0 Å². The fourth-order valence-corrected chi connectivity index (χ4v) is 4.54. The smallest absolute Gasteiger partial charge is 0.263 e. The van der Waals surface area contributed by atoms with E-state index in [1.165, 1.54) is 23.1 Å². The first-order valence-electron chi connectivity index (χ1n) is 8.41. The van der Waals surface area contributed by atoms with Crippen molar-refractivity contribution in [3.63, 3.8) is 0 Å². The Balaban J connectivity index is 1.64. The van der Waals surface area contributed by atoms with Crippen LogP contribution in [0.5, 0.6) is 0 Å². The predicted octanol–water partition coefficient (Wildman–Crippen LogP) is 4.90. The first kappa shape index (κ1) is 17.8. The summed E-state index contributed by atoms with van der Waals surface area (Å²) in [5, 5.41) is 3.20. The molecule has 5 nitrogen and oxygen atoms in total. The maximum absolute atomic E-state index is 12.7. The van der Waals surface area contributed by atoms with Crippen LogP contribution in [-0.4, -0.2) is 14.5 Å². The highest BCUT2D eigenvalue weighted by molar-refractivity contribution is 7.98. The van der Waals surface area contributed by atoms with Crippen molar-refractivity contribution < 1.29 is 4.42 Å². The number of hydrogen-bond acceptors (Lipinski definition) is 6. The second kappa shape index (κ2) is 7.54. The van der Waals surface area contributed by atoms with E-state index < -0.39 is 0 Å². The van der Waals surface area contributed by atoms with Crippen molar-refractivity contribution >= 4 is 33.3 Å². The van der Waals surface area contributed by atoms with E-state index in [9.17, 15) is 4.79 Å². The average molecular weight is 396 g/mol. The largest absolute Gasteiger partial charge is 0.441 e. The lowest BCUT2D eigenvalue weighted by Crippen LogP contribution is -2.22. The summed E-state index contributed by atoms with van der Waals surface area (Å²) in [6.07, 6.45) is 1.71. The molecule has 4 rings (SSSR count). The third kappa shape index (κ3) is 3.48. The Kier molecular flexibility index (Phi) is 4.96. The topological polar surface area (TPSA) is 60.9 Å². The number of benzene rings is 1. The molecule has 0 bridgehead atoms. The van der Waals surface area contributed by atoms with Gasteiger partial charge >= 0.3 is 0 Å². The Hall–Kier alpha value is -2.64. The van der Waals surface area contributed by atoms with Crippen LogP contribution in [0.4, 0.5) is 0 Å². The number of oxazole rings is 1. The Labute approximate surface area is 164 Å². The SMILES string of the molecule is C=CCn1c(SCc2nc(-c3ccccc3)oc2C)nc2sccc2c1=O. The maximum Gasteiger partial charge on any atom is 0.263 e. The van der Waals surface area contributed by atoms with Gasteiger partial charge in [0.2, 0.25) is 5.89 Å². The average Bonchev–Trinajstić information content (AvgIpc) is 3.30. The Morgan fingerprint density at radius 2 is 2.07 bits per heavy atom. The molecule has 0 spiro atoms. The maximum atomic E-state index is 12.7. The molecule has 0 N–H and O–H groups in total. The molecule has 3 heterocycles. The van der Waals surface area contributed by atoms with E-state index in [4.69, 9.17) is 4.42 Å². The predicted molar refractivity (Wildman–Crippen MR) is 110 cm³/mol. The number of fused-ring (bicyclic) bond motifs is 1. The first-order chi connectivity index (χ1) is 13.2. The van der Waals surface area contributed by atoms with Gasteiger partial charge in [0.15, 0.2) is 5.16 Å². The number of nitrogens with zero attached hydrogens (tertiary/aromatic N) is 3.